The Hall–Kier alpha value is -2.35. The average molecular weight is 284 g/mol. The fraction of sp³-hybridized carbons (Fsp3) is 0.167. The molecular formula is C12H11F3N4O. The zero-order valence-electron chi connectivity index (χ0n) is 10.2. The standard InChI is InChI=1S/C12H11F3N4O/c13-12(14,15)10-3-9(2-1-7(10)4-16)19-11(20)8-5-17-18-6-8/h1-3,5-6H,4,16H2,(H,17,18)(H,19,20). The second-order valence-electron chi connectivity index (χ2n) is 4.01. The minimum Gasteiger partial charge on any atom is -0.326 e. The van der Waals surface area contributed by atoms with E-state index in [2.05, 4.69) is 15.5 Å². The maximum absolute atomic E-state index is 12.8. The lowest BCUT2D eigenvalue weighted by Crippen LogP contribution is -2.15. The summed E-state index contributed by atoms with van der Waals surface area (Å²) in [5.74, 6) is -0.549. The summed E-state index contributed by atoms with van der Waals surface area (Å²) in [6.45, 7) is -0.231. The van der Waals surface area contributed by atoms with Gasteiger partial charge < -0.3 is 11.1 Å². The molecule has 0 aliphatic carbocycles. The van der Waals surface area contributed by atoms with E-state index >= 15 is 0 Å². The lowest BCUT2D eigenvalue weighted by Gasteiger charge is -2.13. The number of anilines is 1. The highest BCUT2D eigenvalue weighted by Gasteiger charge is 2.33. The lowest BCUT2D eigenvalue weighted by molar-refractivity contribution is -0.138. The first-order chi connectivity index (χ1) is 9.41. The molecule has 1 heterocycles. The van der Waals surface area contributed by atoms with Crippen molar-refractivity contribution in [3.8, 4) is 0 Å². The monoisotopic (exact) mass is 284 g/mol. The van der Waals surface area contributed by atoms with E-state index in [0.29, 0.717) is 0 Å². The number of carbonyl (C=O) groups excluding carboxylic acids is 1. The molecule has 2 aromatic rings. The molecule has 0 atom stereocenters. The van der Waals surface area contributed by atoms with Gasteiger partial charge in [-0.2, -0.15) is 18.3 Å². The van der Waals surface area contributed by atoms with Gasteiger partial charge in [0, 0.05) is 18.4 Å². The molecule has 0 bridgehead atoms. The van der Waals surface area contributed by atoms with Crippen LogP contribution in [0, 0.1) is 0 Å². The third kappa shape index (κ3) is 2.97. The van der Waals surface area contributed by atoms with Crippen LogP contribution in [0.5, 0.6) is 0 Å². The Morgan fingerprint density at radius 2 is 2.15 bits per heavy atom. The molecule has 5 nitrogen and oxygen atoms in total. The summed E-state index contributed by atoms with van der Waals surface area (Å²) in [4.78, 5) is 11.7. The van der Waals surface area contributed by atoms with Crippen LogP contribution in [0.2, 0.25) is 0 Å². The van der Waals surface area contributed by atoms with Gasteiger partial charge in [0.2, 0.25) is 0 Å². The smallest absolute Gasteiger partial charge is 0.326 e. The van der Waals surface area contributed by atoms with Crippen molar-refractivity contribution in [1.82, 2.24) is 10.2 Å². The predicted molar refractivity (Wildman–Crippen MR) is 65.9 cm³/mol. The highest BCUT2D eigenvalue weighted by Crippen LogP contribution is 2.33. The molecule has 0 unspecified atom stereocenters. The summed E-state index contributed by atoms with van der Waals surface area (Å²) in [7, 11) is 0. The number of alkyl halides is 3. The van der Waals surface area contributed by atoms with Crippen LogP contribution in [-0.4, -0.2) is 16.1 Å². The van der Waals surface area contributed by atoms with E-state index in [1.807, 2.05) is 0 Å². The van der Waals surface area contributed by atoms with Crippen molar-refractivity contribution in [3.05, 3.63) is 47.3 Å². The highest BCUT2D eigenvalue weighted by molar-refractivity contribution is 6.03. The summed E-state index contributed by atoms with van der Waals surface area (Å²) >= 11 is 0. The third-order valence-corrected chi connectivity index (χ3v) is 2.65. The van der Waals surface area contributed by atoms with Crippen LogP contribution in [-0.2, 0) is 12.7 Å². The molecule has 2 rings (SSSR count). The molecule has 0 spiro atoms. The summed E-state index contributed by atoms with van der Waals surface area (Å²) in [5.41, 5.74) is 4.66. The summed E-state index contributed by atoms with van der Waals surface area (Å²) in [6, 6.07) is 3.48. The number of amides is 1. The van der Waals surface area contributed by atoms with Crippen LogP contribution in [0.4, 0.5) is 18.9 Å². The minimum absolute atomic E-state index is 0.0289. The fourth-order valence-electron chi connectivity index (χ4n) is 1.67. The van der Waals surface area contributed by atoms with Gasteiger partial charge in [-0.1, -0.05) is 6.07 Å². The number of benzene rings is 1. The van der Waals surface area contributed by atoms with Gasteiger partial charge in [0.05, 0.1) is 17.3 Å². The molecular weight excluding hydrogens is 273 g/mol. The van der Waals surface area contributed by atoms with E-state index in [1.54, 1.807) is 0 Å². The Balaban J connectivity index is 2.28. The Bertz CT molecular complexity index is 608. The van der Waals surface area contributed by atoms with Gasteiger partial charge in [-0.05, 0) is 17.7 Å². The Morgan fingerprint density at radius 1 is 1.40 bits per heavy atom. The number of rotatable bonds is 3. The zero-order valence-corrected chi connectivity index (χ0v) is 10.2. The second-order valence-corrected chi connectivity index (χ2v) is 4.01. The summed E-state index contributed by atoms with van der Waals surface area (Å²) in [5, 5.41) is 8.40. The zero-order chi connectivity index (χ0) is 14.8. The number of H-pyrrole nitrogens is 1. The normalized spacial score (nSPS) is 11.4. The fourth-order valence-corrected chi connectivity index (χ4v) is 1.67. The van der Waals surface area contributed by atoms with E-state index in [4.69, 9.17) is 5.73 Å². The number of hydrogen-bond acceptors (Lipinski definition) is 3. The van der Waals surface area contributed by atoms with Gasteiger partial charge in [-0.3, -0.25) is 9.89 Å². The number of nitrogens with zero attached hydrogens (tertiary/aromatic N) is 1. The molecule has 0 saturated carbocycles. The molecule has 0 saturated heterocycles. The van der Waals surface area contributed by atoms with Crippen LogP contribution < -0.4 is 11.1 Å². The van der Waals surface area contributed by atoms with Crippen molar-refractivity contribution in [3.63, 3.8) is 0 Å². The molecule has 0 radical (unpaired) electrons. The van der Waals surface area contributed by atoms with Gasteiger partial charge in [0.15, 0.2) is 0 Å². The van der Waals surface area contributed by atoms with Crippen LogP contribution >= 0.6 is 0 Å². The highest BCUT2D eigenvalue weighted by atomic mass is 19.4. The van der Waals surface area contributed by atoms with Crippen LogP contribution in [0.25, 0.3) is 0 Å². The first kappa shape index (κ1) is 14.1. The maximum Gasteiger partial charge on any atom is 0.416 e. The lowest BCUT2D eigenvalue weighted by atomic mass is 10.1. The number of aromatic amines is 1. The molecule has 0 aliphatic heterocycles. The van der Waals surface area contributed by atoms with Crippen molar-refractivity contribution in [2.24, 2.45) is 5.73 Å². The number of nitrogens with one attached hydrogen (secondary N) is 2. The molecule has 106 valence electrons. The molecule has 0 aliphatic rings. The van der Waals surface area contributed by atoms with Gasteiger partial charge in [0.1, 0.15) is 0 Å². The number of hydrogen-bond donors (Lipinski definition) is 3. The van der Waals surface area contributed by atoms with Gasteiger partial charge in [-0.25, -0.2) is 0 Å². The van der Waals surface area contributed by atoms with Crippen molar-refractivity contribution in [2.75, 3.05) is 5.32 Å². The number of nitrogens with two attached hydrogens (primary N) is 1. The van der Waals surface area contributed by atoms with E-state index in [9.17, 15) is 18.0 Å². The minimum atomic E-state index is -4.52. The predicted octanol–water partition coefficient (Wildman–Crippen LogP) is 2.14. The summed E-state index contributed by atoms with van der Waals surface area (Å²) < 4.78 is 38.5. The van der Waals surface area contributed by atoms with Crippen LogP contribution in [0.15, 0.2) is 30.6 Å². The molecule has 0 fully saturated rings. The molecule has 4 N–H and O–H groups in total. The van der Waals surface area contributed by atoms with Crippen molar-refractivity contribution < 1.29 is 18.0 Å². The third-order valence-electron chi connectivity index (χ3n) is 2.65. The Labute approximate surface area is 112 Å². The number of aromatic nitrogens is 2. The molecule has 20 heavy (non-hydrogen) atoms. The quantitative estimate of drug-likeness (QED) is 0.807. The second kappa shape index (κ2) is 5.33. The molecule has 1 amide bonds. The SMILES string of the molecule is NCc1ccc(NC(=O)c2cn[nH]c2)cc1C(F)(F)F. The van der Waals surface area contributed by atoms with E-state index < -0.39 is 17.6 Å². The number of carbonyl (C=O) groups is 1. The topological polar surface area (TPSA) is 83.8 Å². The Kier molecular flexibility index (Phi) is 3.75. The molecule has 8 heteroatoms. The van der Waals surface area contributed by atoms with E-state index in [1.165, 1.54) is 24.5 Å². The summed E-state index contributed by atoms with van der Waals surface area (Å²) in [6.07, 6.45) is -1.91. The largest absolute Gasteiger partial charge is 0.416 e. The Morgan fingerprint density at radius 3 is 2.70 bits per heavy atom. The van der Waals surface area contributed by atoms with Crippen molar-refractivity contribution in [1.29, 1.82) is 0 Å². The molecule has 1 aromatic carbocycles. The molecule has 1 aromatic heterocycles. The van der Waals surface area contributed by atoms with Gasteiger partial charge in [0.25, 0.3) is 5.91 Å². The van der Waals surface area contributed by atoms with E-state index in [-0.39, 0.29) is 23.4 Å². The maximum atomic E-state index is 12.8. The first-order valence-electron chi connectivity index (χ1n) is 5.62. The number of halogens is 3. The first-order valence-corrected chi connectivity index (χ1v) is 5.62. The average Bonchev–Trinajstić information content (AvgIpc) is 2.91. The van der Waals surface area contributed by atoms with Crippen molar-refractivity contribution in [2.45, 2.75) is 12.7 Å². The van der Waals surface area contributed by atoms with E-state index in [0.717, 1.165) is 6.07 Å². The van der Waals surface area contributed by atoms with Crippen LogP contribution in [0.1, 0.15) is 21.5 Å². The van der Waals surface area contributed by atoms with Crippen molar-refractivity contribution >= 4 is 11.6 Å². The van der Waals surface area contributed by atoms with Gasteiger partial charge in [-0.15, -0.1) is 0 Å². The van der Waals surface area contributed by atoms with Gasteiger partial charge >= 0.3 is 6.18 Å². The van der Waals surface area contributed by atoms with Crippen LogP contribution in [0.3, 0.4) is 0 Å².